The lowest BCUT2D eigenvalue weighted by Crippen LogP contribution is -2.69. The van der Waals surface area contributed by atoms with Crippen molar-refractivity contribution in [3.05, 3.63) is 467 Å². The van der Waals surface area contributed by atoms with Crippen LogP contribution in [0.25, 0.3) is 0 Å². The van der Waals surface area contributed by atoms with E-state index in [9.17, 15) is 5.11 Å². The summed E-state index contributed by atoms with van der Waals surface area (Å²) in [5.74, 6) is 0. The fourth-order valence-electron chi connectivity index (χ4n) is 17.8. The zero-order valence-electron chi connectivity index (χ0n) is 78.2. The number of rotatable bonds is 51. The SMILES string of the molecule is CO[C@H]1O[C@H](CO)[C@@H](O[C@@H]2O[C@H](COCc3ccccc3)[C@@H](O[C@@H]3O[C@H](COCc4ccccc4)[C@H](OCc4ccccc4)[C@H](OCc4ccccc4)[C@H]3OCc3ccccc3)[C@H](OCc3ccccc3)[C@H]2OCc2ccccc2)[C@H](O[C@H]2O[C@H]([C@H](COCc3ccccc3)OCc3ccccc3)[C@@H](OCc3ccccc3)[C@H](OCc3ccccc3)[C@@H]2OCc2ccccc2)[C@@H]1OCc1ccccc1. The number of benzene rings is 13. The Hall–Kier alpha value is -11.0. The van der Waals surface area contributed by atoms with Crippen LogP contribution in [0, 0.1) is 0 Å². The van der Waals surface area contributed by atoms with Gasteiger partial charge in [-0.05, 0) is 72.3 Å². The molecule has 0 aromatic heterocycles. The van der Waals surface area contributed by atoms with Gasteiger partial charge in [-0.2, -0.15) is 0 Å². The topological polar surface area (TPSA) is 214 Å². The van der Waals surface area contributed by atoms with Crippen LogP contribution in [0.15, 0.2) is 394 Å². The zero-order valence-corrected chi connectivity index (χ0v) is 78.2. The molecule has 4 aliphatic heterocycles. The lowest BCUT2D eigenvalue weighted by atomic mass is 9.93. The molecule has 0 spiro atoms. The summed E-state index contributed by atoms with van der Waals surface area (Å²) in [5.41, 5.74) is 11.5. The van der Waals surface area contributed by atoms with Gasteiger partial charge in [-0.1, -0.05) is 394 Å². The molecule has 139 heavy (non-hydrogen) atoms. The normalized spacial score (nSPS) is 25.0. The molecule has 4 aliphatic rings. The third-order valence-corrected chi connectivity index (χ3v) is 25.0. The molecule has 0 radical (unpaired) electrons. The largest absolute Gasteiger partial charge is 0.394 e. The minimum absolute atomic E-state index is 0.00244. The highest BCUT2D eigenvalue weighted by molar-refractivity contribution is 5.24. The van der Waals surface area contributed by atoms with E-state index in [0.29, 0.717) is 0 Å². The van der Waals surface area contributed by atoms with Crippen LogP contribution in [0.2, 0.25) is 0 Å². The fourth-order valence-corrected chi connectivity index (χ4v) is 17.8. The molecule has 22 heteroatoms. The van der Waals surface area contributed by atoms with E-state index in [1.807, 2.05) is 394 Å². The molecule has 0 saturated carbocycles. The van der Waals surface area contributed by atoms with Crippen LogP contribution in [0.1, 0.15) is 72.3 Å². The van der Waals surface area contributed by atoms with E-state index in [0.717, 1.165) is 72.3 Å². The standard InChI is InChI=1S/C117H124O22/c1-119-114-113(132-80-96-65-39-14-40-66-96)109(139-117-112(131-79-95-63-37-13-38-64-95)108(128-76-92-57-31-10-32-58-92)106(126-74-90-53-27-8-28-54-90)103(137-117)98(123-71-87-47-21-5-22-48-87)81-120-68-84-41-15-2-16-42-84)102(97(67-118)133-114)136-116-111(130-78-94-61-35-12-36-62-94)107(127-75-91-55-29-9-30-56-91)104(100(135-116)83-122-70-86-45-19-4-20-46-86)138-115-110(129-77-93-59-33-11-34-60-93)105(125-73-89-51-25-7-26-52-89)101(124-72-88-49-23-6-24-50-88)99(134-115)82-121-69-85-43-17-3-18-44-85/h2-66,97-118H,67-83H2,1H3/t97-,98+,99-,100-,101+,102-,103-,104-,105+,106-,107+,108+,109+,110-,111-,112+,113+,114+,115+,116+,117-/m1/s1. The highest BCUT2D eigenvalue weighted by Crippen LogP contribution is 2.43. The first-order valence-electron chi connectivity index (χ1n) is 48.0. The Balaban J connectivity index is 0.816. The molecule has 22 nitrogen and oxygen atoms in total. The van der Waals surface area contributed by atoms with Crippen LogP contribution in [-0.4, -0.2) is 168 Å². The van der Waals surface area contributed by atoms with Gasteiger partial charge in [0.15, 0.2) is 25.2 Å². The summed E-state index contributed by atoms with van der Waals surface area (Å²) in [7, 11) is 1.52. The van der Waals surface area contributed by atoms with Gasteiger partial charge in [-0.3, -0.25) is 0 Å². The van der Waals surface area contributed by atoms with Gasteiger partial charge in [0.2, 0.25) is 0 Å². The maximum absolute atomic E-state index is 12.5. The smallest absolute Gasteiger partial charge is 0.187 e. The second-order valence-corrected chi connectivity index (χ2v) is 35.0. The van der Waals surface area contributed by atoms with Crippen molar-refractivity contribution in [3.8, 4) is 0 Å². The summed E-state index contributed by atoms with van der Waals surface area (Å²) < 4.78 is 156. The van der Waals surface area contributed by atoms with E-state index in [2.05, 4.69) is 0 Å². The first kappa shape index (κ1) is 99.5. The number of aliphatic hydroxyl groups excluding tert-OH is 1. The minimum Gasteiger partial charge on any atom is -0.394 e. The molecule has 0 amide bonds. The molecule has 1 N–H and O–H groups in total. The van der Waals surface area contributed by atoms with E-state index < -0.39 is 136 Å². The molecule has 0 unspecified atom stereocenters. The number of aliphatic hydroxyl groups is 1. The molecule has 17 rings (SSSR count). The Kier molecular flexibility index (Phi) is 38.4. The lowest BCUT2D eigenvalue weighted by Gasteiger charge is -2.53. The number of ether oxygens (including phenoxy) is 21. The average molecular weight is 1880 g/mol. The predicted molar refractivity (Wildman–Crippen MR) is 522 cm³/mol. The van der Waals surface area contributed by atoms with Gasteiger partial charge in [0.25, 0.3) is 0 Å². The second-order valence-electron chi connectivity index (χ2n) is 35.0. The van der Waals surface area contributed by atoms with Gasteiger partial charge in [0.05, 0.1) is 112 Å². The van der Waals surface area contributed by atoms with Crippen molar-refractivity contribution < 1.29 is 105 Å². The van der Waals surface area contributed by atoms with E-state index in [1.165, 1.54) is 7.11 Å². The van der Waals surface area contributed by atoms with Crippen molar-refractivity contribution in [2.24, 2.45) is 0 Å². The molecule has 0 aliphatic carbocycles. The Labute approximate surface area is 815 Å². The Morgan fingerprint density at radius 1 is 0.209 bits per heavy atom. The first-order valence-corrected chi connectivity index (χ1v) is 48.0. The molecule has 21 atom stereocenters. The third kappa shape index (κ3) is 29.1. The van der Waals surface area contributed by atoms with Gasteiger partial charge >= 0.3 is 0 Å². The number of methoxy groups -OCH3 is 1. The van der Waals surface area contributed by atoms with Crippen LogP contribution in [0.4, 0.5) is 0 Å². The second kappa shape index (κ2) is 53.6. The first-order chi connectivity index (χ1) is 68.8. The van der Waals surface area contributed by atoms with E-state index in [-0.39, 0.29) is 106 Å². The van der Waals surface area contributed by atoms with Gasteiger partial charge in [-0.15, -0.1) is 0 Å². The fraction of sp³-hybridized carbons (Fsp3) is 0.333. The molecule has 724 valence electrons. The summed E-state index contributed by atoms with van der Waals surface area (Å²) in [4.78, 5) is 0. The molecular formula is C117H124O22. The summed E-state index contributed by atoms with van der Waals surface area (Å²) in [5, 5.41) is 12.5. The zero-order chi connectivity index (χ0) is 94.5. The average Bonchev–Trinajstić information content (AvgIpc) is 0.755. The Bertz CT molecular complexity index is 5530. The molecule has 4 fully saturated rings. The van der Waals surface area contributed by atoms with E-state index >= 15 is 0 Å². The summed E-state index contributed by atoms with van der Waals surface area (Å²) >= 11 is 0. The summed E-state index contributed by atoms with van der Waals surface area (Å²) in [6, 6.07) is 129. The highest BCUT2D eigenvalue weighted by atomic mass is 16.8. The van der Waals surface area contributed by atoms with Gasteiger partial charge in [-0.25, -0.2) is 0 Å². The van der Waals surface area contributed by atoms with Crippen molar-refractivity contribution >= 4 is 0 Å². The van der Waals surface area contributed by atoms with Crippen molar-refractivity contribution in [3.63, 3.8) is 0 Å². The molecule has 13 aromatic carbocycles. The quantitative estimate of drug-likeness (QED) is 0.0375. The molecular weight excluding hydrogens is 1760 g/mol. The van der Waals surface area contributed by atoms with Gasteiger partial charge in [0, 0.05) is 7.11 Å². The maximum atomic E-state index is 12.5. The maximum Gasteiger partial charge on any atom is 0.187 e. The molecule has 4 heterocycles. The number of hydrogen-bond donors (Lipinski definition) is 1. The van der Waals surface area contributed by atoms with Crippen LogP contribution < -0.4 is 0 Å². The predicted octanol–water partition coefficient (Wildman–Crippen LogP) is 19.2. The highest BCUT2D eigenvalue weighted by Gasteiger charge is 2.60. The van der Waals surface area contributed by atoms with Crippen LogP contribution in [0.3, 0.4) is 0 Å². The van der Waals surface area contributed by atoms with Crippen molar-refractivity contribution in [2.75, 3.05) is 33.5 Å². The van der Waals surface area contributed by atoms with Gasteiger partial charge in [0.1, 0.15) is 104 Å². The van der Waals surface area contributed by atoms with Crippen LogP contribution in [0.5, 0.6) is 0 Å². The molecule has 4 saturated heterocycles. The van der Waals surface area contributed by atoms with E-state index in [1.54, 1.807) is 0 Å². The Morgan fingerprint density at radius 3 is 0.727 bits per heavy atom. The van der Waals surface area contributed by atoms with Gasteiger partial charge < -0.3 is 105 Å². The molecule has 0 bridgehead atoms. The van der Waals surface area contributed by atoms with E-state index in [4.69, 9.17) is 99.5 Å². The summed E-state index contributed by atoms with van der Waals surface area (Å²) in [6.07, 6.45) is -25.0. The lowest BCUT2D eigenvalue weighted by molar-refractivity contribution is -0.407. The summed E-state index contributed by atoms with van der Waals surface area (Å²) in [6.45, 7) is 0.639. The number of hydrogen-bond acceptors (Lipinski definition) is 22. The van der Waals surface area contributed by atoms with Crippen molar-refractivity contribution in [1.29, 1.82) is 0 Å². The monoisotopic (exact) mass is 1880 g/mol. The van der Waals surface area contributed by atoms with Crippen molar-refractivity contribution in [2.45, 2.75) is 215 Å². The van der Waals surface area contributed by atoms with Crippen LogP contribution >= 0.6 is 0 Å². The van der Waals surface area contributed by atoms with Crippen molar-refractivity contribution in [1.82, 2.24) is 0 Å². The molecule has 13 aromatic rings. The third-order valence-electron chi connectivity index (χ3n) is 25.0. The van der Waals surface area contributed by atoms with Crippen LogP contribution in [-0.2, 0) is 185 Å². The minimum atomic E-state index is -1.54. The Morgan fingerprint density at radius 2 is 0.424 bits per heavy atom.